The van der Waals surface area contributed by atoms with Gasteiger partial charge in [0.1, 0.15) is 11.6 Å². The quantitative estimate of drug-likeness (QED) is 0.888. The average molecular weight is 351 g/mol. The molecule has 5 nitrogen and oxygen atoms in total. The van der Waals surface area contributed by atoms with Gasteiger partial charge in [0.05, 0.1) is 18.3 Å². The van der Waals surface area contributed by atoms with Crippen molar-refractivity contribution in [2.75, 3.05) is 36.4 Å². The van der Waals surface area contributed by atoms with Crippen LogP contribution >= 0.6 is 12.4 Å². The highest BCUT2D eigenvalue weighted by atomic mass is 35.5. The van der Waals surface area contributed by atoms with Gasteiger partial charge in [-0.15, -0.1) is 12.4 Å². The van der Waals surface area contributed by atoms with E-state index in [-0.39, 0.29) is 30.6 Å². The summed E-state index contributed by atoms with van der Waals surface area (Å²) in [6, 6.07) is 9.99. The van der Waals surface area contributed by atoms with E-state index in [0.29, 0.717) is 11.4 Å². The van der Waals surface area contributed by atoms with Crippen molar-refractivity contribution in [3.63, 3.8) is 0 Å². The summed E-state index contributed by atoms with van der Waals surface area (Å²) in [5, 5.41) is 6.00. The molecule has 1 aliphatic heterocycles. The standard InChI is InChI=1S/C17H19FN4O.ClH/c18-15-4-2-1-3-13(15)11-17(23)21-16-6-5-14(12-20-16)22-9-7-19-8-10-22;/h1-6,12,19H,7-11H2,(H,20,21,23);1H. The molecule has 1 aromatic carbocycles. The molecule has 1 fully saturated rings. The zero-order valence-electron chi connectivity index (χ0n) is 13.2. The van der Waals surface area contributed by atoms with Gasteiger partial charge in [-0.05, 0) is 23.8 Å². The van der Waals surface area contributed by atoms with E-state index in [2.05, 4.69) is 20.5 Å². The fourth-order valence-corrected chi connectivity index (χ4v) is 2.57. The van der Waals surface area contributed by atoms with E-state index >= 15 is 0 Å². The van der Waals surface area contributed by atoms with Crippen LogP contribution in [0.5, 0.6) is 0 Å². The van der Waals surface area contributed by atoms with Crippen molar-refractivity contribution in [1.29, 1.82) is 0 Å². The van der Waals surface area contributed by atoms with Crippen molar-refractivity contribution in [3.05, 3.63) is 54.0 Å². The Bertz CT molecular complexity index is 675. The summed E-state index contributed by atoms with van der Waals surface area (Å²) in [7, 11) is 0. The molecule has 0 spiro atoms. The van der Waals surface area contributed by atoms with E-state index in [1.807, 2.05) is 6.07 Å². The molecular weight excluding hydrogens is 331 g/mol. The number of rotatable bonds is 4. The van der Waals surface area contributed by atoms with E-state index in [1.54, 1.807) is 30.5 Å². The number of carbonyl (C=O) groups is 1. The maximum Gasteiger partial charge on any atom is 0.230 e. The van der Waals surface area contributed by atoms with Gasteiger partial charge >= 0.3 is 0 Å². The summed E-state index contributed by atoms with van der Waals surface area (Å²) in [6.45, 7) is 3.81. The van der Waals surface area contributed by atoms with Crippen LogP contribution < -0.4 is 15.5 Å². The third-order valence-electron chi connectivity index (χ3n) is 3.81. The summed E-state index contributed by atoms with van der Waals surface area (Å²) in [6.07, 6.45) is 1.75. The molecule has 0 radical (unpaired) electrons. The third-order valence-corrected chi connectivity index (χ3v) is 3.81. The van der Waals surface area contributed by atoms with Gasteiger partial charge in [0.15, 0.2) is 0 Å². The minimum atomic E-state index is -0.371. The lowest BCUT2D eigenvalue weighted by Gasteiger charge is -2.29. The Balaban J connectivity index is 0.00000208. The van der Waals surface area contributed by atoms with Crippen LogP contribution in [0.2, 0.25) is 0 Å². The molecule has 2 heterocycles. The lowest BCUT2D eigenvalue weighted by molar-refractivity contribution is -0.115. The van der Waals surface area contributed by atoms with Crippen molar-refractivity contribution in [3.8, 4) is 0 Å². The van der Waals surface area contributed by atoms with E-state index in [0.717, 1.165) is 31.9 Å². The number of piperazine rings is 1. The molecule has 0 unspecified atom stereocenters. The lowest BCUT2D eigenvalue weighted by Crippen LogP contribution is -2.43. The maximum absolute atomic E-state index is 13.5. The van der Waals surface area contributed by atoms with Gasteiger partial charge in [0.25, 0.3) is 0 Å². The molecule has 1 aromatic heterocycles. The first-order chi connectivity index (χ1) is 11.2. The number of halogens is 2. The van der Waals surface area contributed by atoms with Gasteiger partial charge in [0.2, 0.25) is 5.91 Å². The molecule has 1 saturated heterocycles. The number of nitrogens with zero attached hydrogens (tertiary/aromatic N) is 2. The van der Waals surface area contributed by atoms with Gasteiger partial charge < -0.3 is 15.5 Å². The minimum Gasteiger partial charge on any atom is -0.368 e. The molecule has 1 amide bonds. The molecule has 2 N–H and O–H groups in total. The largest absolute Gasteiger partial charge is 0.368 e. The van der Waals surface area contributed by atoms with E-state index < -0.39 is 0 Å². The van der Waals surface area contributed by atoms with Crippen LogP contribution in [0, 0.1) is 5.82 Å². The minimum absolute atomic E-state index is 0. The SMILES string of the molecule is Cl.O=C(Cc1ccccc1F)Nc1ccc(N2CCNCC2)cn1. The monoisotopic (exact) mass is 350 g/mol. The number of carbonyl (C=O) groups excluding carboxylic acids is 1. The van der Waals surface area contributed by atoms with E-state index in [1.165, 1.54) is 6.07 Å². The van der Waals surface area contributed by atoms with Gasteiger partial charge in [0, 0.05) is 26.2 Å². The summed E-state index contributed by atoms with van der Waals surface area (Å²) < 4.78 is 13.5. The number of amides is 1. The Kier molecular flexibility index (Phi) is 6.52. The summed E-state index contributed by atoms with van der Waals surface area (Å²) in [4.78, 5) is 18.5. The Labute approximate surface area is 146 Å². The maximum atomic E-state index is 13.5. The van der Waals surface area contributed by atoms with Gasteiger partial charge in [-0.3, -0.25) is 4.79 Å². The fourth-order valence-electron chi connectivity index (χ4n) is 2.57. The molecule has 1 aliphatic rings. The Hall–Kier alpha value is -2.18. The van der Waals surface area contributed by atoms with Crippen molar-refractivity contribution in [2.45, 2.75) is 6.42 Å². The van der Waals surface area contributed by atoms with Gasteiger partial charge in [-0.2, -0.15) is 0 Å². The molecule has 24 heavy (non-hydrogen) atoms. The molecular formula is C17H20ClFN4O. The third kappa shape index (κ3) is 4.66. The molecule has 0 saturated carbocycles. The highest BCUT2D eigenvalue weighted by molar-refractivity contribution is 5.91. The van der Waals surface area contributed by atoms with Crippen LogP contribution in [0.4, 0.5) is 15.9 Å². The highest BCUT2D eigenvalue weighted by Gasteiger charge is 2.12. The Morgan fingerprint density at radius 2 is 1.96 bits per heavy atom. The van der Waals surface area contributed by atoms with Gasteiger partial charge in [-0.1, -0.05) is 18.2 Å². The second-order valence-corrected chi connectivity index (χ2v) is 5.46. The zero-order chi connectivity index (χ0) is 16.1. The Morgan fingerprint density at radius 1 is 1.21 bits per heavy atom. The number of pyridine rings is 1. The van der Waals surface area contributed by atoms with E-state index in [9.17, 15) is 9.18 Å². The van der Waals surface area contributed by atoms with E-state index in [4.69, 9.17) is 0 Å². The van der Waals surface area contributed by atoms with Crippen molar-refractivity contribution >= 4 is 29.8 Å². The van der Waals surface area contributed by atoms with Crippen LogP contribution in [0.1, 0.15) is 5.56 Å². The number of hydrogen-bond donors (Lipinski definition) is 2. The van der Waals surface area contributed by atoms with Crippen molar-refractivity contribution in [1.82, 2.24) is 10.3 Å². The van der Waals surface area contributed by atoms with Crippen LogP contribution in [-0.2, 0) is 11.2 Å². The van der Waals surface area contributed by atoms with Crippen LogP contribution in [0.3, 0.4) is 0 Å². The predicted molar refractivity (Wildman–Crippen MR) is 95.3 cm³/mol. The Morgan fingerprint density at radius 3 is 2.62 bits per heavy atom. The highest BCUT2D eigenvalue weighted by Crippen LogP contribution is 2.16. The normalized spacial score (nSPS) is 14.0. The topological polar surface area (TPSA) is 57.3 Å². The van der Waals surface area contributed by atoms with Crippen LogP contribution in [0.15, 0.2) is 42.6 Å². The first-order valence-electron chi connectivity index (χ1n) is 7.67. The summed E-state index contributed by atoms with van der Waals surface area (Å²) in [5.74, 6) is -0.174. The molecule has 128 valence electrons. The second kappa shape index (κ2) is 8.61. The molecule has 0 atom stereocenters. The smallest absolute Gasteiger partial charge is 0.230 e. The molecule has 3 rings (SSSR count). The first-order valence-corrected chi connectivity index (χ1v) is 7.67. The molecule has 2 aromatic rings. The molecule has 0 aliphatic carbocycles. The van der Waals surface area contributed by atoms with Gasteiger partial charge in [-0.25, -0.2) is 9.37 Å². The lowest BCUT2D eigenvalue weighted by atomic mass is 10.1. The molecule has 7 heteroatoms. The number of benzene rings is 1. The number of aromatic nitrogens is 1. The zero-order valence-corrected chi connectivity index (χ0v) is 14.0. The average Bonchev–Trinajstić information content (AvgIpc) is 2.58. The second-order valence-electron chi connectivity index (χ2n) is 5.46. The fraction of sp³-hybridized carbons (Fsp3) is 0.294. The van der Waals surface area contributed by atoms with Crippen LogP contribution in [0.25, 0.3) is 0 Å². The first kappa shape index (κ1) is 18.2. The number of hydrogen-bond acceptors (Lipinski definition) is 4. The van der Waals surface area contributed by atoms with Crippen molar-refractivity contribution < 1.29 is 9.18 Å². The summed E-state index contributed by atoms with van der Waals surface area (Å²) in [5.41, 5.74) is 1.42. The van der Waals surface area contributed by atoms with Crippen molar-refractivity contribution in [2.24, 2.45) is 0 Å². The summed E-state index contributed by atoms with van der Waals surface area (Å²) >= 11 is 0. The number of anilines is 2. The number of nitrogens with one attached hydrogen (secondary N) is 2. The van der Waals surface area contributed by atoms with Crippen LogP contribution in [-0.4, -0.2) is 37.1 Å². The predicted octanol–water partition coefficient (Wildman–Crippen LogP) is 2.23. The molecule has 0 bridgehead atoms.